The van der Waals surface area contributed by atoms with Crippen LogP contribution in [0.4, 0.5) is 0 Å². The van der Waals surface area contributed by atoms with E-state index >= 15 is 0 Å². The van der Waals surface area contributed by atoms with Crippen LogP contribution in [-0.4, -0.2) is 42.1 Å². The van der Waals surface area contributed by atoms with E-state index in [1.54, 1.807) is 0 Å². The van der Waals surface area contributed by atoms with Crippen LogP contribution in [-0.2, 0) is 37.4 Å². The number of rotatable bonds is 6. The maximum absolute atomic E-state index is 5.20. The minimum absolute atomic E-state index is 0. The van der Waals surface area contributed by atoms with E-state index in [4.69, 9.17) is 19.9 Å². The zero-order valence-electron chi connectivity index (χ0n) is 35.5. The second kappa shape index (κ2) is 14.5. The van der Waals surface area contributed by atoms with E-state index in [1.165, 1.54) is 11.1 Å². The average molecular weight is 1010 g/mol. The summed E-state index contributed by atoms with van der Waals surface area (Å²) in [6.07, 6.45) is 17.9. The molecular weight excluding hydrogens is 976 g/mol. The summed E-state index contributed by atoms with van der Waals surface area (Å²) in [7, 11) is 2.02. The Balaban J connectivity index is 0.00000444. The Kier molecular flexibility index (Phi) is 8.74. The van der Waals surface area contributed by atoms with Gasteiger partial charge in [-0.1, -0.05) is 87.5 Å². The predicted octanol–water partition coefficient (Wildman–Crippen LogP) is 10.5. The van der Waals surface area contributed by atoms with Crippen molar-refractivity contribution in [1.29, 1.82) is 0 Å². The molecule has 0 radical (unpaired) electrons. The van der Waals surface area contributed by atoms with Crippen LogP contribution in [0.1, 0.15) is 66.9 Å². The molecule has 6 nitrogen and oxygen atoms in total. The third-order valence-electron chi connectivity index (χ3n) is 14.1. The number of aryl methyl sites for hydroxylation is 1. The molecule has 0 saturated carbocycles. The molecule has 13 rings (SSSR count). The average Bonchev–Trinajstić information content (AvgIpc) is 4.09. The quantitative estimate of drug-likeness (QED) is 0.123. The monoisotopic (exact) mass is 1010 g/mol. The summed E-state index contributed by atoms with van der Waals surface area (Å²) >= 11 is 0. The summed E-state index contributed by atoms with van der Waals surface area (Å²) in [5.74, 6) is 0. The molecule has 0 N–H and O–H groups in total. The molecule has 4 aromatic heterocycles. The Morgan fingerprint density at radius 3 is 1.54 bits per heavy atom. The van der Waals surface area contributed by atoms with Crippen molar-refractivity contribution in [3.63, 3.8) is 0 Å². The first-order valence-electron chi connectivity index (χ1n) is 21.7. The molecule has 308 valence electrons. The van der Waals surface area contributed by atoms with Gasteiger partial charge in [0.2, 0.25) is 17.9 Å². The van der Waals surface area contributed by atoms with Crippen LogP contribution in [0.2, 0.25) is 0 Å². The Labute approximate surface area is 392 Å². The molecule has 5 heterocycles. The van der Waals surface area contributed by atoms with E-state index in [-0.39, 0.29) is 21.1 Å². The molecule has 0 saturated heterocycles. The minimum Gasteiger partial charge on any atom is -0.264 e. The summed E-state index contributed by atoms with van der Waals surface area (Å²) in [5.41, 5.74) is 17.1. The first-order chi connectivity index (χ1) is 31.5. The first-order valence-corrected chi connectivity index (χ1v) is 21.7. The molecule has 9 aromatic rings. The zero-order chi connectivity index (χ0) is 42.6. The normalized spacial score (nSPS) is 20.1. The van der Waals surface area contributed by atoms with E-state index in [0.717, 1.165) is 89.1 Å². The number of benzene rings is 5. The predicted molar refractivity (Wildman–Crippen MR) is 247 cm³/mol. The zero-order valence-corrected chi connectivity index (χ0v) is 37.7. The summed E-state index contributed by atoms with van der Waals surface area (Å²) in [5, 5.41) is 0. The summed E-state index contributed by atoms with van der Waals surface area (Å²) in [6.45, 7) is 2.14. The van der Waals surface area contributed by atoms with Crippen LogP contribution >= 0.6 is 0 Å². The maximum atomic E-state index is 5.20. The van der Waals surface area contributed by atoms with Gasteiger partial charge in [-0.05, 0) is 98.5 Å². The fourth-order valence-corrected chi connectivity index (χ4v) is 11.6. The van der Waals surface area contributed by atoms with Crippen LogP contribution < -0.4 is 0 Å². The number of hydrogen-bond acceptors (Lipinski definition) is 4. The molecule has 65 heavy (non-hydrogen) atoms. The van der Waals surface area contributed by atoms with Crippen molar-refractivity contribution in [2.24, 2.45) is 0 Å². The van der Waals surface area contributed by atoms with E-state index in [1.807, 2.05) is 55.0 Å². The Morgan fingerprint density at radius 2 is 0.938 bits per heavy atom. The van der Waals surface area contributed by atoms with E-state index in [2.05, 4.69) is 182 Å². The SMILES string of the molecule is Cc1ccnc(C2(c3[c-]c(C4(c5[c-]c(C6([N+]7=C=[N+](C)C=C7)c7ccccc7-c7ccncc76)ccc5)c5ccccc5-c5ccncc54)ccc3)c3ccccc3-c3ccncc32)c1.[Pt+2]. The van der Waals surface area contributed by atoms with Crippen LogP contribution in [0.3, 0.4) is 0 Å². The molecule has 3 aliphatic carbocycles. The van der Waals surface area contributed by atoms with Crippen molar-refractivity contribution >= 4 is 6.01 Å². The van der Waals surface area contributed by atoms with Crippen molar-refractivity contribution in [3.05, 3.63) is 274 Å². The molecule has 4 aliphatic rings. The summed E-state index contributed by atoms with van der Waals surface area (Å²) in [4.78, 5) is 19.6. The number of nitrogens with zero attached hydrogens (tertiary/aromatic N) is 6. The molecule has 7 heteroatoms. The van der Waals surface area contributed by atoms with Crippen LogP contribution in [0.25, 0.3) is 33.4 Å². The topological polar surface area (TPSA) is 57.6 Å². The second-order valence-corrected chi connectivity index (χ2v) is 17.2. The molecule has 0 fully saturated rings. The minimum atomic E-state index is -0.883. The van der Waals surface area contributed by atoms with Crippen molar-refractivity contribution in [3.8, 4) is 33.4 Å². The molecular formula is C58H38N6Pt+2. The van der Waals surface area contributed by atoms with Crippen LogP contribution in [0.5, 0.6) is 0 Å². The summed E-state index contributed by atoms with van der Waals surface area (Å²) in [6, 6.07) is 62.3. The Bertz CT molecular complexity index is 3430. The van der Waals surface area contributed by atoms with Crippen molar-refractivity contribution < 1.29 is 30.2 Å². The van der Waals surface area contributed by atoms with Gasteiger partial charge in [0.25, 0.3) is 0 Å². The van der Waals surface area contributed by atoms with Crippen LogP contribution in [0.15, 0.2) is 195 Å². The van der Waals surface area contributed by atoms with Gasteiger partial charge in [-0.3, -0.25) is 19.9 Å². The number of pyridine rings is 4. The van der Waals surface area contributed by atoms with Gasteiger partial charge in [-0.25, -0.2) is 0 Å². The number of aromatic nitrogens is 4. The van der Waals surface area contributed by atoms with Gasteiger partial charge in [0.15, 0.2) is 7.05 Å². The van der Waals surface area contributed by atoms with Crippen molar-refractivity contribution in [2.45, 2.75) is 23.3 Å². The maximum Gasteiger partial charge on any atom is 2.00 e. The van der Waals surface area contributed by atoms with E-state index < -0.39 is 16.4 Å². The van der Waals surface area contributed by atoms with E-state index in [0.29, 0.717) is 0 Å². The van der Waals surface area contributed by atoms with Gasteiger partial charge in [-0.2, -0.15) is 48.5 Å². The Hall–Kier alpha value is -7.49. The van der Waals surface area contributed by atoms with Gasteiger partial charge in [-0.15, -0.1) is 16.7 Å². The third kappa shape index (κ3) is 5.10. The van der Waals surface area contributed by atoms with Crippen LogP contribution in [0, 0.1) is 19.1 Å². The van der Waals surface area contributed by atoms with Gasteiger partial charge in [0, 0.05) is 54.4 Å². The van der Waals surface area contributed by atoms with Gasteiger partial charge in [0.05, 0.1) is 16.7 Å². The standard InChI is InChI=1S/C58H38N6.Pt/c1-38-21-28-62-55(31-38)57(50-19-7-4-16-44(50)47-23-26-60-35-53(47)57)41-13-9-11-39(32-41)56(49-18-6-3-15-43(49)46-22-25-59-34-52(46)56)40-12-10-14-42(33-40)58(64-30-29-63(2)37-64)51-20-8-5-17-45(51)48-24-27-61-36-54(48)58;/h3-31,34-36H,1-2H3;/q;+2. The second-order valence-electron chi connectivity index (χ2n) is 17.2. The van der Waals surface area contributed by atoms with E-state index in [9.17, 15) is 0 Å². The number of fused-ring (bicyclic) bond motifs is 9. The smallest absolute Gasteiger partial charge is 0.264 e. The first kappa shape index (κ1) is 39.1. The molecule has 0 bridgehead atoms. The largest absolute Gasteiger partial charge is 2.00 e. The number of hydrogen-bond donors (Lipinski definition) is 0. The molecule has 1 aliphatic heterocycles. The summed E-state index contributed by atoms with van der Waals surface area (Å²) < 4.78 is 4.18. The molecule has 0 amide bonds. The van der Waals surface area contributed by atoms with Gasteiger partial charge < -0.3 is 0 Å². The van der Waals surface area contributed by atoms with Gasteiger partial charge >= 0.3 is 27.1 Å². The van der Waals surface area contributed by atoms with Crippen molar-refractivity contribution in [1.82, 2.24) is 19.9 Å². The molecule has 5 aromatic carbocycles. The van der Waals surface area contributed by atoms with Gasteiger partial charge in [0.1, 0.15) is 0 Å². The third-order valence-corrected chi connectivity index (χ3v) is 14.1. The fraction of sp³-hybridized carbons (Fsp3) is 0.0862. The molecule has 3 atom stereocenters. The fourth-order valence-electron chi connectivity index (χ4n) is 11.6. The molecule has 0 spiro atoms. The van der Waals surface area contributed by atoms with Crippen molar-refractivity contribution in [2.75, 3.05) is 7.05 Å². The Morgan fingerprint density at radius 1 is 0.462 bits per heavy atom. The molecule has 3 unspecified atom stereocenters.